The lowest BCUT2D eigenvalue weighted by atomic mass is 10.1. The number of rotatable bonds is 5. The van der Waals surface area contributed by atoms with Crippen LogP contribution < -0.4 is 5.32 Å². The Balaban J connectivity index is 1.74. The molecule has 0 bridgehead atoms. The third-order valence-corrected chi connectivity index (χ3v) is 3.87. The standard InChI is InChI=1S/C13H23N3O2S/c1-13(2,3)14-6-4-5-11-15-16-12(19-11)10-9-17-7-8-18-10/h10,14H,4-9H2,1-3H3. The summed E-state index contributed by atoms with van der Waals surface area (Å²) in [4.78, 5) is 0. The average molecular weight is 285 g/mol. The van der Waals surface area contributed by atoms with Crippen LogP contribution in [0.3, 0.4) is 0 Å². The number of hydrogen-bond donors (Lipinski definition) is 1. The second-order valence-corrected chi connectivity index (χ2v) is 6.84. The highest BCUT2D eigenvalue weighted by Gasteiger charge is 2.20. The van der Waals surface area contributed by atoms with E-state index in [1.54, 1.807) is 11.3 Å². The van der Waals surface area contributed by atoms with Crippen LogP contribution in [-0.2, 0) is 15.9 Å². The zero-order valence-electron chi connectivity index (χ0n) is 11.9. The van der Waals surface area contributed by atoms with Crippen molar-refractivity contribution >= 4 is 11.3 Å². The van der Waals surface area contributed by atoms with E-state index in [2.05, 4.69) is 36.3 Å². The summed E-state index contributed by atoms with van der Waals surface area (Å²) in [6.45, 7) is 9.46. The Morgan fingerprint density at radius 3 is 2.84 bits per heavy atom. The Bertz CT molecular complexity index is 383. The fourth-order valence-electron chi connectivity index (χ4n) is 1.83. The lowest BCUT2D eigenvalue weighted by Crippen LogP contribution is -2.36. The van der Waals surface area contributed by atoms with Crippen molar-refractivity contribution in [3.8, 4) is 0 Å². The Morgan fingerprint density at radius 2 is 2.16 bits per heavy atom. The van der Waals surface area contributed by atoms with Gasteiger partial charge in [0.05, 0.1) is 19.8 Å². The highest BCUT2D eigenvalue weighted by atomic mass is 32.1. The Morgan fingerprint density at radius 1 is 1.32 bits per heavy atom. The number of nitrogens with zero attached hydrogens (tertiary/aromatic N) is 2. The van der Waals surface area contributed by atoms with Gasteiger partial charge < -0.3 is 14.8 Å². The molecule has 6 heteroatoms. The van der Waals surface area contributed by atoms with Crippen molar-refractivity contribution in [3.05, 3.63) is 10.0 Å². The van der Waals surface area contributed by atoms with Gasteiger partial charge in [0.1, 0.15) is 16.1 Å². The fraction of sp³-hybridized carbons (Fsp3) is 0.846. The topological polar surface area (TPSA) is 56.3 Å². The molecular formula is C13H23N3O2S. The minimum Gasteiger partial charge on any atom is -0.376 e. The zero-order chi connectivity index (χ0) is 13.7. The molecule has 1 aliphatic heterocycles. The molecule has 0 spiro atoms. The van der Waals surface area contributed by atoms with Gasteiger partial charge >= 0.3 is 0 Å². The van der Waals surface area contributed by atoms with Crippen molar-refractivity contribution in [2.75, 3.05) is 26.4 Å². The van der Waals surface area contributed by atoms with Crippen LogP contribution in [-0.4, -0.2) is 42.1 Å². The first-order valence-corrected chi connectivity index (χ1v) is 7.63. The molecule has 0 aliphatic carbocycles. The Hall–Kier alpha value is -0.560. The van der Waals surface area contributed by atoms with Crippen LogP contribution in [0.5, 0.6) is 0 Å². The van der Waals surface area contributed by atoms with Crippen molar-refractivity contribution in [1.29, 1.82) is 0 Å². The molecule has 108 valence electrons. The van der Waals surface area contributed by atoms with Crippen LogP contribution >= 0.6 is 11.3 Å². The van der Waals surface area contributed by atoms with E-state index in [9.17, 15) is 0 Å². The second-order valence-electron chi connectivity index (χ2n) is 5.75. The van der Waals surface area contributed by atoms with Crippen molar-refractivity contribution in [1.82, 2.24) is 15.5 Å². The van der Waals surface area contributed by atoms with Gasteiger partial charge in [-0.3, -0.25) is 0 Å². The molecule has 5 nitrogen and oxygen atoms in total. The van der Waals surface area contributed by atoms with E-state index < -0.39 is 0 Å². The maximum absolute atomic E-state index is 5.62. The first-order valence-electron chi connectivity index (χ1n) is 6.81. The van der Waals surface area contributed by atoms with Crippen LogP contribution in [0, 0.1) is 0 Å². The van der Waals surface area contributed by atoms with Gasteiger partial charge in [-0.2, -0.15) is 0 Å². The summed E-state index contributed by atoms with van der Waals surface area (Å²) in [5.41, 5.74) is 0.180. The normalized spacial score (nSPS) is 20.7. The van der Waals surface area contributed by atoms with Crippen molar-refractivity contribution in [2.45, 2.75) is 45.3 Å². The van der Waals surface area contributed by atoms with Gasteiger partial charge in [0.15, 0.2) is 0 Å². The maximum atomic E-state index is 5.62. The molecule has 1 fully saturated rings. The molecule has 1 aliphatic rings. The van der Waals surface area contributed by atoms with E-state index in [-0.39, 0.29) is 11.6 Å². The highest BCUT2D eigenvalue weighted by molar-refractivity contribution is 7.11. The third-order valence-electron chi connectivity index (χ3n) is 2.80. The molecular weight excluding hydrogens is 262 g/mol. The van der Waals surface area contributed by atoms with E-state index in [0.29, 0.717) is 19.8 Å². The number of hydrogen-bond acceptors (Lipinski definition) is 6. The largest absolute Gasteiger partial charge is 0.376 e. The van der Waals surface area contributed by atoms with Gasteiger partial charge in [-0.15, -0.1) is 10.2 Å². The number of ether oxygens (including phenoxy) is 2. The number of aromatic nitrogens is 2. The summed E-state index contributed by atoms with van der Waals surface area (Å²) in [6, 6.07) is 0. The summed E-state index contributed by atoms with van der Waals surface area (Å²) < 4.78 is 11.0. The fourth-order valence-corrected chi connectivity index (χ4v) is 2.75. The Kier molecular flexibility index (Phi) is 5.27. The van der Waals surface area contributed by atoms with Crippen LogP contribution in [0.2, 0.25) is 0 Å². The predicted octanol–water partition coefficient (Wildman–Crippen LogP) is 1.95. The number of aryl methyl sites for hydroxylation is 1. The Labute approximate surface area is 118 Å². The van der Waals surface area contributed by atoms with Gasteiger partial charge in [-0.25, -0.2) is 0 Å². The molecule has 1 aromatic heterocycles. The summed E-state index contributed by atoms with van der Waals surface area (Å²) in [6.07, 6.45) is 2.02. The molecule has 1 unspecified atom stereocenters. The van der Waals surface area contributed by atoms with Crippen LogP contribution in [0.15, 0.2) is 0 Å². The molecule has 1 N–H and O–H groups in total. The van der Waals surface area contributed by atoms with Gasteiger partial charge in [-0.1, -0.05) is 11.3 Å². The lowest BCUT2D eigenvalue weighted by molar-refractivity contribution is -0.0903. The summed E-state index contributed by atoms with van der Waals surface area (Å²) in [5.74, 6) is 0. The van der Waals surface area contributed by atoms with Gasteiger partial charge in [-0.05, 0) is 33.7 Å². The average Bonchev–Trinajstić information content (AvgIpc) is 2.83. The predicted molar refractivity (Wildman–Crippen MR) is 75.5 cm³/mol. The van der Waals surface area contributed by atoms with E-state index >= 15 is 0 Å². The molecule has 0 aromatic carbocycles. The molecule has 0 radical (unpaired) electrons. The van der Waals surface area contributed by atoms with E-state index in [1.165, 1.54) is 0 Å². The summed E-state index contributed by atoms with van der Waals surface area (Å²) in [5, 5.41) is 13.9. The van der Waals surface area contributed by atoms with E-state index in [0.717, 1.165) is 29.4 Å². The smallest absolute Gasteiger partial charge is 0.148 e. The molecule has 0 amide bonds. The van der Waals surface area contributed by atoms with Crippen LogP contribution in [0.1, 0.15) is 43.3 Å². The lowest BCUT2D eigenvalue weighted by Gasteiger charge is -2.20. The van der Waals surface area contributed by atoms with Gasteiger partial charge in [0, 0.05) is 12.0 Å². The van der Waals surface area contributed by atoms with E-state index in [4.69, 9.17) is 9.47 Å². The first-order chi connectivity index (χ1) is 9.04. The molecule has 2 rings (SSSR count). The second kappa shape index (κ2) is 6.74. The van der Waals surface area contributed by atoms with Gasteiger partial charge in [0.2, 0.25) is 0 Å². The minimum absolute atomic E-state index is 0.0206. The maximum Gasteiger partial charge on any atom is 0.148 e. The third kappa shape index (κ3) is 5.14. The van der Waals surface area contributed by atoms with Crippen molar-refractivity contribution in [3.63, 3.8) is 0 Å². The molecule has 0 saturated carbocycles. The number of nitrogens with one attached hydrogen (secondary N) is 1. The molecule has 2 heterocycles. The summed E-state index contributed by atoms with van der Waals surface area (Å²) in [7, 11) is 0. The highest BCUT2D eigenvalue weighted by Crippen LogP contribution is 2.24. The van der Waals surface area contributed by atoms with Crippen molar-refractivity contribution < 1.29 is 9.47 Å². The van der Waals surface area contributed by atoms with Gasteiger partial charge in [0.25, 0.3) is 0 Å². The van der Waals surface area contributed by atoms with Crippen LogP contribution in [0.4, 0.5) is 0 Å². The zero-order valence-corrected chi connectivity index (χ0v) is 12.8. The minimum atomic E-state index is -0.0206. The van der Waals surface area contributed by atoms with Crippen LogP contribution in [0.25, 0.3) is 0 Å². The monoisotopic (exact) mass is 285 g/mol. The quantitative estimate of drug-likeness (QED) is 0.838. The SMILES string of the molecule is CC(C)(C)NCCCc1nnc(C2COCCO2)s1. The summed E-state index contributed by atoms with van der Waals surface area (Å²) >= 11 is 1.64. The van der Waals surface area contributed by atoms with Crippen molar-refractivity contribution in [2.24, 2.45) is 0 Å². The molecule has 19 heavy (non-hydrogen) atoms. The molecule has 1 atom stereocenters. The molecule has 1 saturated heterocycles. The first kappa shape index (κ1) is 14.8. The molecule has 1 aromatic rings. The van der Waals surface area contributed by atoms with E-state index in [1.807, 2.05) is 0 Å².